The van der Waals surface area contributed by atoms with Crippen molar-refractivity contribution >= 4 is 33.4 Å². The van der Waals surface area contributed by atoms with Crippen molar-refractivity contribution in [2.24, 2.45) is 5.73 Å². The van der Waals surface area contributed by atoms with E-state index in [1.54, 1.807) is 18.2 Å². The minimum atomic E-state index is -3.59. The van der Waals surface area contributed by atoms with Gasteiger partial charge in [-0.15, -0.1) is 0 Å². The van der Waals surface area contributed by atoms with Crippen molar-refractivity contribution in [3.8, 4) is 0 Å². The molecule has 0 radical (unpaired) electrons. The van der Waals surface area contributed by atoms with Crippen molar-refractivity contribution in [3.63, 3.8) is 0 Å². The van der Waals surface area contributed by atoms with E-state index < -0.39 is 10.0 Å². The lowest BCUT2D eigenvalue weighted by Gasteiger charge is -2.15. The smallest absolute Gasteiger partial charge is 0.242 e. The molecule has 1 fully saturated rings. The quantitative estimate of drug-likeness (QED) is 0.829. The van der Waals surface area contributed by atoms with Crippen LogP contribution >= 0.6 is 23.4 Å². The summed E-state index contributed by atoms with van der Waals surface area (Å²) in [6.45, 7) is 2.42. The van der Waals surface area contributed by atoms with Gasteiger partial charge in [-0.05, 0) is 42.7 Å². The lowest BCUT2D eigenvalue weighted by molar-refractivity contribution is 0.552. The highest BCUT2D eigenvalue weighted by molar-refractivity contribution is 7.99. The molecule has 4 nitrogen and oxygen atoms in total. The Labute approximate surface area is 135 Å². The fraction of sp³-hybridized carbons (Fsp3) is 0.571. The third kappa shape index (κ3) is 4.36. The molecule has 2 rings (SSSR count). The predicted molar refractivity (Wildman–Crippen MR) is 89.2 cm³/mol. The number of rotatable bonds is 6. The molecule has 3 N–H and O–H groups in total. The van der Waals surface area contributed by atoms with Gasteiger partial charge in [-0.2, -0.15) is 11.8 Å². The molecule has 0 bridgehead atoms. The number of hydrogen-bond donors (Lipinski definition) is 2. The number of halogens is 1. The van der Waals surface area contributed by atoms with E-state index in [1.165, 1.54) is 0 Å². The summed E-state index contributed by atoms with van der Waals surface area (Å²) in [7, 11) is -3.59. The highest BCUT2D eigenvalue weighted by atomic mass is 35.5. The van der Waals surface area contributed by atoms with Crippen LogP contribution in [0.2, 0.25) is 5.02 Å². The average Bonchev–Trinajstić information content (AvgIpc) is 2.86. The Morgan fingerprint density at radius 2 is 2.19 bits per heavy atom. The molecule has 1 aliphatic carbocycles. The van der Waals surface area contributed by atoms with E-state index in [1.807, 2.05) is 11.8 Å². The first kappa shape index (κ1) is 17.1. The Kier molecular flexibility index (Phi) is 5.96. The molecule has 118 valence electrons. The third-order valence-electron chi connectivity index (χ3n) is 3.63. The molecular formula is C14H21ClN2O2S2. The van der Waals surface area contributed by atoms with Crippen molar-refractivity contribution < 1.29 is 8.42 Å². The summed E-state index contributed by atoms with van der Waals surface area (Å²) in [6, 6.07) is 4.88. The SMILES string of the molecule is CCSC1CCC(NS(=O)(=O)c2cc(CN)ccc2Cl)C1. The van der Waals surface area contributed by atoms with E-state index >= 15 is 0 Å². The molecule has 7 heteroatoms. The molecule has 0 saturated heterocycles. The standard InChI is InChI=1S/C14H21ClN2O2S2/c1-2-20-12-5-4-11(8-12)17-21(18,19)14-7-10(9-16)3-6-13(14)15/h3,6-7,11-12,17H,2,4-5,8-9,16H2,1H3. The molecule has 1 aromatic carbocycles. The maximum atomic E-state index is 12.5. The van der Waals surface area contributed by atoms with Crippen LogP contribution in [0, 0.1) is 0 Å². The number of nitrogens with one attached hydrogen (secondary N) is 1. The average molecular weight is 349 g/mol. The molecule has 2 atom stereocenters. The number of benzene rings is 1. The second kappa shape index (κ2) is 7.33. The van der Waals surface area contributed by atoms with E-state index in [4.69, 9.17) is 17.3 Å². The van der Waals surface area contributed by atoms with Crippen molar-refractivity contribution in [2.45, 2.75) is 48.9 Å². The minimum Gasteiger partial charge on any atom is -0.326 e. The molecule has 0 aromatic heterocycles. The molecule has 0 spiro atoms. The lowest BCUT2D eigenvalue weighted by Crippen LogP contribution is -2.33. The van der Waals surface area contributed by atoms with Gasteiger partial charge in [-0.3, -0.25) is 0 Å². The van der Waals surface area contributed by atoms with Gasteiger partial charge >= 0.3 is 0 Å². The number of sulfonamides is 1. The van der Waals surface area contributed by atoms with Crippen LogP contribution in [0.1, 0.15) is 31.7 Å². The number of nitrogens with two attached hydrogens (primary N) is 1. The summed E-state index contributed by atoms with van der Waals surface area (Å²) in [5.41, 5.74) is 6.32. The molecule has 0 heterocycles. The molecule has 1 aromatic rings. The van der Waals surface area contributed by atoms with E-state index in [0.29, 0.717) is 11.8 Å². The first-order valence-corrected chi connectivity index (χ1v) is 9.99. The second-order valence-electron chi connectivity index (χ2n) is 5.18. The zero-order chi connectivity index (χ0) is 15.5. The monoisotopic (exact) mass is 348 g/mol. The highest BCUT2D eigenvalue weighted by Gasteiger charge is 2.29. The Morgan fingerprint density at radius 1 is 1.43 bits per heavy atom. The van der Waals surface area contributed by atoms with E-state index in [9.17, 15) is 8.42 Å². The first-order valence-electron chi connectivity index (χ1n) is 7.08. The molecule has 2 unspecified atom stereocenters. The van der Waals surface area contributed by atoms with Crippen LogP contribution < -0.4 is 10.5 Å². The van der Waals surface area contributed by atoms with Gasteiger partial charge < -0.3 is 5.73 Å². The summed E-state index contributed by atoms with van der Waals surface area (Å²) >= 11 is 7.93. The molecule has 0 aliphatic heterocycles. The summed E-state index contributed by atoms with van der Waals surface area (Å²) in [5, 5.41) is 0.783. The molecule has 21 heavy (non-hydrogen) atoms. The molecule has 1 saturated carbocycles. The van der Waals surface area contributed by atoms with Crippen LogP contribution in [0.15, 0.2) is 23.1 Å². The largest absolute Gasteiger partial charge is 0.326 e. The van der Waals surface area contributed by atoms with E-state index in [0.717, 1.165) is 30.6 Å². The zero-order valence-electron chi connectivity index (χ0n) is 12.0. The van der Waals surface area contributed by atoms with Gasteiger partial charge in [0.2, 0.25) is 10.0 Å². The van der Waals surface area contributed by atoms with Crippen LogP contribution in [-0.2, 0) is 16.6 Å². The van der Waals surface area contributed by atoms with Gasteiger partial charge in [0.15, 0.2) is 0 Å². The van der Waals surface area contributed by atoms with Gasteiger partial charge in [0.25, 0.3) is 0 Å². The van der Waals surface area contributed by atoms with Crippen molar-refractivity contribution in [1.29, 1.82) is 0 Å². The fourth-order valence-corrected chi connectivity index (χ4v) is 5.57. The number of hydrogen-bond acceptors (Lipinski definition) is 4. The maximum absolute atomic E-state index is 12.5. The van der Waals surface area contributed by atoms with Crippen LogP contribution in [0.4, 0.5) is 0 Å². The lowest BCUT2D eigenvalue weighted by atomic mass is 10.2. The Morgan fingerprint density at radius 3 is 2.86 bits per heavy atom. The van der Waals surface area contributed by atoms with Crippen molar-refractivity contribution in [3.05, 3.63) is 28.8 Å². The second-order valence-corrected chi connectivity index (χ2v) is 8.84. The first-order chi connectivity index (χ1) is 9.96. The van der Waals surface area contributed by atoms with Crippen molar-refractivity contribution in [2.75, 3.05) is 5.75 Å². The van der Waals surface area contributed by atoms with Gasteiger partial charge in [-0.1, -0.05) is 24.6 Å². The summed E-state index contributed by atoms with van der Waals surface area (Å²) < 4.78 is 27.8. The predicted octanol–water partition coefficient (Wildman–Crippen LogP) is 2.75. The minimum absolute atomic E-state index is 0.00310. The van der Waals surface area contributed by atoms with E-state index in [-0.39, 0.29) is 16.0 Å². The summed E-state index contributed by atoms with van der Waals surface area (Å²) in [5.74, 6) is 1.06. The Balaban J connectivity index is 2.12. The van der Waals surface area contributed by atoms with Crippen LogP contribution in [-0.4, -0.2) is 25.5 Å². The van der Waals surface area contributed by atoms with Crippen LogP contribution in [0.5, 0.6) is 0 Å². The van der Waals surface area contributed by atoms with Crippen molar-refractivity contribution in [1.82, 2.24) is 4.72 Å². The van der Waals surface area contributed by atoms with E-state index in [2.05, 4.69) is 11.6 Å². The van der Waals surface area contributed by atoms with Crippen LogP contribution in [0.25, 0.3) is 0 Å². The highest BCUT2D eigenvalue weighted by Crippen LogP contribution is 2.31. The normalized spacial score (nSPS) is 22.6. The molecule has 0 amide bonds. The maximum Gasteiger partial charge on any atom is 0.242 e. The van der Waals surface area contributed by atoms with Crippen LogP contribution in [0.3, 0.4) is 0 Å². The van der Waals surface area contributed by atoms with Gasteiger partial charge in [0, 0.05) is 17.8 Å². The zero-order valence-corrected chi connectivity index (χ0v) is 14.4. The third-order valence-corrected chi connectivity index (χ3v) is 6.86. The van der Waals surface area contributed by atoms with Gasteiger partial charge in [-0.25, -0.2) is 13.1 Å². The Bertz CT molecular complexity index is 593. The molecule has 1 aliphatic rings. The molecular weight excluding hydrogens is 328 g/mol. The topological polar surface area (TPSA) is 72.2 Å². The number of thioether (sulfide) groups is 1. The van der Waals surface area contributed by atoms with Gasteiger partial charge in [0.1, 0.15) is 4.90 Å². The fourth-order valence-electron chi connectivity index (χ4n) is 2.60. The Hall–Kier alpha value is -0.270. The summed E-state index contributed by atoms with van der Waals surface area (Å²) in [4.78, 5) is 0.124. The van der Waals surface area contributed by atoms with Gasteiger partial charge in [0.05, 0.1) is 5.02 Å². The summed E-state index contributed by atoms with van der Waals surface area (Å²) in [6.07, 6.45) is 2.82.